The number of aryl methyl sites for hydroxylation is 1. The Labute approximate surface area is 455 Å². The number of hydrogen-bond donors (Lipinski definition) is 0. The first kappa shape index (κ1) is 48.8. The lowest BCUT2D eigenvalue weighted by Crippen LogP contribution is -2.62. The van der Waals surface area contributed by atoms with E-state index in [1.54, 1.807) is 0 Å². The molecule has 13 rings (SSSR count). The monoisotopic (exact) mass is 994 g/mol. The summed E-state index contributed by atoms with van der Waals surface area (Å²) in [7, 11) is 0. The molecule has 76 heavy (non-hydrogen) atoms. The second-order valence-corrected chi connectivity index (χ2v) is 27.7. The van der Waals surface area contributed by atoms with Crippen LogP contribution in [0.25, 0.3) is 11.1 Å². The van der Waals surface area contributed by atoms with Crippen molar-refractivity contribution in [3.8, 4) is 11.1 Å². The average Bonchev–Trinajstić information content (AvgIpc) is 3.73. The molecule has 0 aromatic heterocycles. The quantitative estimate of drug-likeness (QED) is 0.159. The van der Waals surface area contributed by atoms with Gasteiger partial charge in [0.15, 0.2) is 0 Å². The minimum Gasteiger partial charge on any atom is -0.311 e. The van der Waals surface area contributed by atoms with Gasteiger partial charge in [-0.3, -0.25) is 0 Å². The van der Waals surface area contributed by atoms with Crippen LogP contribution in [0.4, 0.5) is 51.2 Å². The number of rotatable bonds is 5. The summed E-state index contributed by atoms with van der Waals surface area (Å²) in [6.45, 7) is 34.0. The van der Waals surface area contributed by atoms with Gasteiger partial charge in [0.25, 0.3) is 6.71 Å². The van der Waals surface area contributed by atoms with Crippen molar-refractivity contribution in [2.45, 2.75) is 155 Å². The van der Waals surface area contributed by atoms with E-state index in [9.17, 15) is 0 Å². The van der Waals surface area contributed by atoms with Crippen LogP contribution in [0.1, 0.15) is 160 Å². The molecule has 0 saturated heterocycles. The Hall–Kier alpha value is -6.78. The van der Waals surface area contributed by atoms with Crippen molar-refractivity contribution >= 4 is 74.3 Å². The van der Waals surface area contributed by atoms with Crippen LogP contribution in [0.2, 0.25) is 0 Å². The zero-order valence-corrected chi connectivity index (χ0v) is 47.8. The summed E-state index contributed by atoms with van der Waals surface area (Å²) in [5.41, 5.74) is 29.2. The number of fused-ring (bicyclic) bond motifs is 9. The minimum atomic E-state index is -0.196. The Morgan fingerprint density at radius 1 is 0.408 bits per heavy atom. The van der Waals surface area contributed by atoms with E-state index in [1.165, 1.54) is 119 Å². The summed E-state index contributed by atoms with van der Waals surface area (Å²) in [6.07, 6.45) is 4.69. The standard InChI is InChI=1S/C72H76BN3/c1-45-37-64-66-65(38-45)76(50-27-31-54-57(41-50)69(7,8)34-33-68(54,5)6)63-44-59-58(70(9,10)35-36-71(59,11)12)43-61(63)73(66)60-32-28-51(74(47-21-17-15-18-22-47)48-23-19-16-20-24-48)42-62(60)75(64)49-26-30-53-52-29-25-46(67(2,3)4)39-55(52)72(13,14)56(53)40-49/h15-32,37-44H,33-36H2,1-14H3. The third-order valence-electron chi connectivity index (χ3n) is 19.3. The van der Waals surface area contributed by atoms with E-state index in [2.05, 4.69) is 269 Å². The Morgan fingerprint density at radius 2 is 0.882 bits per heavy atom. The molecule has 0 atom stereocenters. The van der Waals surface area contributed by atoms with Crippen LogP contribution in [0.3, 0.4) is 0 Å². The molecule has 3 nitrogen and oxygen atoms in total. The van der Waals surface area contributed by atoms with E-state index < -0.39 is 0 Å². The number of nitrogens with zero attached hydrogens (tertiary/aromatic N) is 3. The summed E-state index contributed by atoms with van der Waals surface area (Å²) in [6, 6.07) is 61.8. The van der Waals surface area contributed by atoms with Crippen LogP contribution in [0.5, 0.6) is 0 Å². The van der Waals surface area contributed by atoms with Crippen LogP contribution in [0.15, 0.2) is 158 Å². The minimum absolute atomic E-state index is 0.0101. The van der Waals surface area contributed by atoms with E-state index in [0.29, 0.717) is 0 Å². The molecule has 2 heterocycles. The predicted octanol–water partition coefficient (Wildman–Crippen LogP) is 17.8. The molecule has 0 saturated carbocycles. The molecule has 0 radical (unpaired) electrons. The van der Waals surface area contributed by atoms with Gasteiger partial charge in [0.2, 0.25) is 0 Å². The van der Waals surface area contributed by atoms with Crippen molar-refractivity contribution in [1.29, 1.82) is 0 Å². The van der Waals surface area contributed by atoms with Crippen molar-refractivity contribution in [2.75, 3.05) is 14.7 Å². The highest BCUT2D eigenvalue weighted by atomic mass is 15.2. The first-order valence-electron chi connectivity index (χ1n) is 28.4. The maximum absolute atomic E-state index is 2.70. The van der Waals surface area contributed by atoms with E-state index >= 15 is 0 Å². The van der Waals surface area contributed by atoms with Crippen LogP contribution >= 0.6 is 0 Å². The molecule has 8 aromatic carbocycles. The van der Waals surface area contributed by atoms with Gasteiger partial charge < -0.3 is 14.7 Å². The highest BCUT2D eigenvalue weighted by Crippen LogP contribution is 2.55. The number of hydrogen-bond acceptors (Lipinski definition) is 3. The maximum Gasteiger partial charge on any atom is 0.252 e. The Kier molecular flexibility index (Phi) is 10.5. The van der Waals surface area contributed by atoms with Gasteiger partial charge in [-0.2, -0.15) is 0 Å². The molecule has 8 aromatic rings. The van der Waals surface area contributed by atoms with Gasteiger partial charge in [-0.25, -0.2) is 0 Å². The van der Waals surface area contributed by atoms with E-state index in [4.69, 9.17) is 0 Å². The lowest BCUT2D eigenvalue weighted by atomic mass is 9.33. The molecule has 5 aliphatic rings. The zero-order valence-electron chi connectivity index (χ0n) is 47.8. The Bertz CT molecular complexity index is 3660. The first-order chi connectivity index (χ1) is 35.9. The van der Waals surface area contributed by atoms with Gasteiger partial charge in [0.1, 0.15) is 0 Å². The molecule has 4 heteroatoms. The fraction of sp³-hybridized carbons (Fsp3) is 0.333. The first-order valence-corrected chi connectivity index (χ1v) is 28.4. The Morgan fingerprint density at radius 3 is 1.45 bits per heavy atom. The molecule has 0 N–H and O–H groups in total. The van der Waals surface area contributed by atoms with Crippen molar-refractivity contribution in [3.05, 3.63) is 202 Å². The number of anilines is 9. The molecule has 0 fully saturated rings. The van der Waals surface area contributed by atoms with Gasteiger partial charge in [-0.05, 0) is 211 Å². The maximum atomic E-state index is 2.70. The molecule has 2 aliphatic heterocycles. The zero-order chi connectivity index (χ0) is 53.2. The summed E-state index contributed by atoms with van der Waals surface area (Å²) in [5, 5.41) is 0. The third-order valence-corrected chi connectivity index (χ3v) is 19.3. The smallest absolute Gasteiger partial charge is 0.252 e. The molecule has 0 amide bonds. The molecule has 0 spiro atoms. The van der Waals surface area contributed by atoms with E-state index in [-0.39, 0.29) is 39.2 Å². The topological polar surface area (TPSA) is 9.72 Å². The van der Waals surface area contributed by atoms with Gasteiger partial charge >= 0.3 is 0 Å². The second-order valence-electron chi connectivity index (χ2n) is 27.7. The fourth-order valence-electron chi connectivity index (χ4n) is 14.5. The SMILES string of the molecule is Cc1cc2c3c(c1)N(c1ccc4c(c1)C(C)(C)CCC4(C)C)c1cc4c(cc1B3c1ccc(N(c3ccccc3)c3ccccc3)cc1N2c1ccc2c(c1)C(C)(C)c1cc(C(C)(C)C)ccc1-2)C(C)(C)CCC4(C)C. The van der Waals surface area contributed by atoms with Crippen molar-refractivity contribution in [1.82, 2.24) is 0 Å². The molecule has 0 unspecified atom stereocenters. The fourth-order valence-corrected chi connectivity index (χ4v) is 14.5. The van der Waals surface area contributed by atoms with Crippen LogP contribution in [-0.4, -0.2) is 6.71 Å². The van der Waals surface area contributed by atoms with Gasteiger partial charge in [0, 0.05) is 56.6 Å². The summed E-state index contributed by atoms with van der Waals surface area (Å²) >= 11 is 0. The van der Waals surface area contributed by atoms with Crippen LogP contribution < -0.4 is 31.1 Å². The normalized spacial score (nSPS) is 18.4. The second kappa shape index (κ2) is 16.4. The van der Waals surface area contributed by atoms with Gasteiger partial charge in [-0.1, -0.05) is 169 Å². The van der Waals surface area contributed by atoms with Crippen molar-refractivity contribution in [3.63, 3.8) is 0 Å². The third kappa shape index (κ3) is 7.28. The van der Waals surface area contributed by atoms with Crippen molar-refractivity contribution in [2.24, 2.45) is 0 Å². The summed E-state index contributed by atoms with van der Waals surface area (Å²) < 4.78 is 0. The van der Waals surface area contributed by atoms with E-state index in [0.717, 1.165) is 29.9 Å². The predicted molar refractivity (Wildman–Crippen MR) is 327 cm³/mol. The van der Waals surface area contributed by atoms with Crippen LogP contribution in [-0.2, 0) is 32.5 Å². The van der Waals surface area contributed by atoms with Gasteiger partial charge in [-0.15, -0.1) is 0 Å². The molecule has 3 aliphatic carbocycles. The average molecular weight is 994 g/mol. The van der Waals surface area contributed by atoms with Crippen LogP contribution in [0, 0.1) is 6.92 Å². The largest absolute Gasteiger partial charge is 0.311 e. The highest BCUT2D eigenvalue weighted by Gasteiger charge is 2.48. The van der Waals surface area contributed by atoms with Crippen molar-refractivity contribution < 1.29 is 0 Å². The number of para-hydroxylation sites is 2. The van der Waals surface area contributed by atoms with Gasteiger partial charge in [0.05, 0.1) is 0 Å². The van der Waals surface area contributed by atoms with E-state index in [1.807, 2.05) is 0 Å². The number of benzene rings is 8. The highest BCUT2D eigenvalue weighted by molar-refractivity contribution is 7.00. The summed E-state index contributed by atoms with van der Waals surface area (Å²) in [4.78, 5) is 7.79. The molecule has 382 valence electrons. The lowest BCUT2D eigenvalue weighted by molar-refractivity contribution is 0.332. The lowest BCUT2D eigenvalue weighted by Gasteiger charge is -2.48. The molecule has 0 bridgehead atoms. The Balaban J connectivity index is 1.11. The molecular formula is C72H76BN3. The summed E-state index contributed by atoms with van der Waals surface area (Å²) in [5.74, 6) is 0. The molecular weight excluding hydrogens is 918 g/mol.